The summed E-state index contributed by atoms with van der Waals surface area (Å²) in [6.45, 7) is -0.153. The van der Waals surface area contributed by atoms with Gasteiger partial charge >= 0.3 is 12.3 Å². The minimum Gasteiger partial charge on any atom is -0.465 e. The molecule has 0 radical (unpaired) electrons. The first-order chi connectivity index (χ1) is 15.9. The molecule has 34 heavy (non-hydrogen) atoms. The van der Waals surface area contributed by atoms with Crippen LogP contribution in [0.2, 0.25) is 0 Å². The van der Waals surface area contributed by atoms with Gasteiger partial charge < -0.3 is 14.4 Å². The van der Waals surface area contributed by atoms with Gasteiger partial charge in [-0.1, -0.05) is 12.1 Å². The highest BCUT2D eigenvalue weighted by molar-refractivity contribution is 5.96. The Kier molecular flexibility index (Phi) is 5.74. The Morgan fingerprint density at radius 2 is 1.65 bits per heavy atom. The zero-order valence-electron chi connectivity index (χ0n) is 17.8. The predicted molar refractivity (Wildman–Crippen MR) is 113 cm³/mol. The Morgan fingerprint density at radius 3 is 2.21 bits per heavy atom. The van der Waals surface area contributed by atoms with Gasteiger partial charge in [0.15, 0.2) is 0 Å². The van der Waals surface area contributed by atoms with E-state index in [4.69, 9.17) is 9.52 Å². The highest BCUT2D eigenvalue weighted by Crippen LogP contribution is 2.41. The Morgan fingerprint density at radius 1 is 1.03 bits per heavy atom. The first kappa shape index (κ1) is 23.5. The van der Waals surface area contributed by atoms with E-state index in [0.717, 1.165) is 13.1 Å². The lowest BCUT2D eigenvalue weighted by atomic mass is 9.99. The van der Waals surface area contributed by atoms with Crippen LogP contribution in [0.1, 0.15) is 28.8 Å². The van der Waals surface area contributed by atoms with Crippen LogP contribution in [0.3, 0.4) is 0 Å². The second-order valence-electron chi connectivity index (χ2n) is 8.09. The monoisotopic (exact) mass is 482 g/mol. The van der Waals surface area contributed by atoms with Crippen LogP contribution in [0.5, 0.6) is 0 Å². The van der Waals surface area contributed by atoms with Crippen molar-refractivity contribution in [1.82, 2.24) is 4.90 Å². The summed E-state index contributed by atoms with van der Waals surface area (Å²) in [5.74, 6) is -3.48. The van der Waals surface area contributed by atoms with E-state index in [9.17, 15) is 31.5 Å². The Balaban J connectivity index is 1.67. The van der Waals surface area contributed by atoms with Gasteiger partial charge in [0, 0.05) is 50.0 Å². The van der Waals surface area contributed by atoms with Crippen LogP contribution >= 0.6 is 0 Å². The lowest BCUT2D eigenvalue weighted by Gasteiger charge is -2.31. The molecule has 0 spiro atoms. The molecule has 2 aromatic carbocycles. The molecule has 3 aromatic rings. The average Bonchev–Trinajstić information content (AvgIpc) is 3.20. The molecule has 2 amide bonds. The topological polar surface area (TPSA) is 74.0 Å². The number of furan rings is 1. The largest absolute Gasteiger partial charge is 0.465 e. The summed E-state index contributed by atoms with van der Waals surface area (Å²) in [7, 11) is 1.15. The van der Waals surface area contributed by atoms with Gasteiger partial charge in [-0.05, 0) is 35.4 Å². The van der Waals surface area contributed by atoms with E-state index >= 15 is 0 Å². The Bertz CT molecular complexity index is 1240. The lowest BCUT2D eigenvalue weighted by Crippen LogP contribution is -2.42. The SMILES string of the molecule is CN(C(=O)O)c1cc2cc(-c3ccc(C(=O)N4CCC(F)(F)CC4)cc3)cc(C(F)(F)F)c2o1. The number of fused-ring (bicyclic) bond motifs is 1. The van der Waals surface area contributed by atoms with E-state index in [1.54, 1.807) is 0 Å². The summed E-state index contributed by atoms with van der Waals surface area (Å²) < 4.78 is 73.0. The Hall–Kier alpha value is -3.63. The minimum atomic E-state index is -4.77. The van der Waals surface area contributed by atoms with Crippen molar-refractivity contribution < 1.29 is 41.1 Å². The van der Waals surface area contributed by atoms with Gasteiger partial charge in [-0.2, -0.15) is 13.2 Å². The smallest absolute Gasteiger partial charge is 0.420 e. The van der Waals surface area contributed by atoms with E-state index < -0.39 is 48.1 Å². The number of amides is 2. The molecule has 1 aromatic heterocycles. The third kappa shape index (κ3) is 4.55. The highest BCUT2D eigenvalue weighted by atomic mass is 19.4. The Labute approximate surface area is 190 Å². The van der Waals surface area contributed by atoms with Crippen molar-refractivity contribution in [1.29, 1.82) is 0 Å². The van der Waals surface area contributed by atoms with Crippen LogP contribution < -0.4 is 4.90 Å². The third-order valence-electron chi connectivity index (χ3n) is 5.77. The number of carbonyl (C=O) groups is 2. The lowest BCUT2D eigenvalue weighted by molar-refractivity contribution is -0.136. The fraction of sp³-hybridized carbons (Fsp3) is 0.304. The third-order valence-corrected chi connectivity index (χ3v) is 5.77. The van der Waals surface area contributed by atoms with Gasteiger partial charge in [0.1, 0.15) is 5.58 Å². The molecular weight excluding hydrogens is 463 g/mol. The highest BCUT2D eigenvalue weighted by Gasteiger charge is 2.37. The summed E-state index contributed by atoms with van der Waals surface area (Å²) in [4.78, 5) is 25.8. The number of hydrogen-bond acceptors (Lipinski definition) is 3. The van der Waals surface area contributed by atoms with Crippen LogP contribution in [0.15, 0.2) is 46.9 Å². The summed E-state index contributed by atoms with van der Waals surface area (Å²) in [5.41, 5.74) is -0.766. The molecule has 1 fully saturated rings. The molecule has 0 unspecified atom stereocenters. The number of benzene rings is 2. The van der Waals surface area contributed by atoms with Crippen molar-refractivity contribution >= 4 is 28.9 Å². The van der Waals surface area contributed by atoms with Crippen LogP contribution in [0.25, 0.3) is 22.1 Å². The van der Waals surface area contributed by atoms with Crippen LogP contribution in [0, 0.1) is 0 Å². The van der Waals surface area contributed by atoms with E-state index in [0.29, 0.717) is 10.5 Å². The molecule has 1 saturated heterocycles. The number of rotatable bonds is 3. The van der Waals surface area contributed by atoms with E-state index in [1.807, 2.05) is 0 Å². The van der Waals surface area contributed by atoms with E-state index in [2.05, 4.69) is 0 Å². The normalized spacial score (nSPS) is 16.0. The number of hydrogen-bond donors (Lipinski definition) is 1. The van der Waals surface area contributed by atoms with Crippen LogP contribution in [0.4, 0.5) is 32.6 Å². The standard InChI is InChI=1S/C23H19F5N2O4/c1-29(21(32)33)18-12-16-10-15(11-17(19(16)34-18)23(26,27)28)13-2-4-14(5-3-13)20(31)30-8-6-22(24,25)7-9-30/h2-5,10-12H,6-9H2,1H3,(H,32,33). The van der Waals surface area contributed by atoms with Crippen molar-refractivity contribution in [2.24, 2.45) is 0 Å². The first-order valence-corrected chi connectivity index (χ1v) is 10.2. The maximum Gasteiger partial charge on any atom is 0.420 e. The molecule has 0 saturated carbocycles. The summed E-state index contributed by atoms with van der Waals surface area (Å²) in [5, 5.41) is 9.15. The zero-order chi connectivity index (χ0) is 24.8. The minimum absolute atomic E-state index is 0.0577. The van der Waals surface area contributed by atoms with Crippen molar-refractivity contribution in [3.8, 4) is 11.1 Å². The molecule has 0 atom stereocenters. The fourth-order valence-corrected chi connectivity index (χ4v) is 3.80. The molecule has 4 rings (SSSR count). The first-order valence-electron chi connectivity index (χ1n) is 10.2. The van der Waals surface area contributed by atoms with Gasteiger partial charge in [0.2, 0.25) is 5.88 Å². The van der Waals surface area contributed by atoms with E-state index in [-0.39, 0.29) is 35.5 Å². The number of nitrogens with zero attached hydrogens (tertiary/aromatic N) is 2. The molecule has 1 aliphatic heterocycles. The van der Waals surface area contributed by atoms with Crippen molar-refractivity contribution in [2.75, 3.05) is 25.0 Å². The number of carboxylic acid groups (broad SMARTS) is 1. The van der Waals surface area contributed by atoms with Gasteiger partial charge in [-0.3, -0.25) is 9.69 Å². The molecular formula is C23H19F5N2O4. The summed E-state index contributed by atoms with van der Waals surface area (Å²) in [6, 6.07) is 9.32. The van der Waals surface area contributed by atoms with Crippen molar-refractivity contribution in [2.45, 2.75) is 24.9 Å². The fourth-order valence-electron chi connectivity index (χ4n) is 3.80. The number of halogens is 5. The maximum absolute atomic E-state index is 13.7. The molecule has 180 valence electrons. The molecule has 6 nitrogen and oxygen atoms in total. The quantitative estimate of drug-likeness (QED) is 0.458. The number of carbonyl (C=O) groups excluding carboxylic acids is 1. The number of piperidine rings is 1. The number of alkyl halides is 5. The second kappa shape index (κ2) is 8.30. The molecule has 0 bridgehead atoms. The van der Waals surface area contributed by atoms with Crippen LogP contribution in [-0.4, -0.2) is 48.1 Å². The van der Waals surface area contributed by atoms with Crippen molar-refractivity contribution in [3.05, 3.63) is 53.6 Å². The van der Waals surface area contributed by atoms with Crippen molar-refractivity contribution in [3.63, 3.8) is 0 Å². The van der Waals surface area contributed by atoms with Gasteiger partial charge in [0.25, 0.3) is 11.8 Å². The molecule has 0 aliphatic carbocycles. The second-order valence-corrected chi connectivity index (χ2v) is 8.09. The van der Waals surface area contributed by atoms with Gasteiger partial charge in [0.05, 0.1) is 5.56 Å². The predicted octanol–water partition coefficient (Wildman–Crippen LogP) is 6.10. The average molecular weight is 482 g/mol. The maximum atomic E-state index is 13.7. The number of anilines is 1. The zero-order valence-corrected chi connectivity index (χ0v) is 17.8. The summed E-state index contributed by atoms with van der Waals surface area (Å²) >= 11 is 0. The molecule has 11 heteroatoms. The molecule has 2 heterocycles. The van der Waals surface area contributed by atoms with E-state index in [1.165, 1.54) is 41.3 Å². The van der Waals surface area contributed by atoms with Gasteiger partial charge in [-0.25, -0.2) is 13.6 Å². The summed E-state index contributed by atoms with van der Waals surface area (Å²) in [6.07, 6.45) is -7.00. The molecule has 1 N–H and O–H groups in total. The van der Waals surface area contributed by atoms with Crippen LogP contribution in [-0.2, 0) is 6.18 Å². The van der Waals surface area contributed by atoms with Gasteiger partial charge in [-0.15, -0.1) is 0 Å². The molecule has 1 aliphatic rings. The number of likely N-dealkylation sites (tertiary alicyclic amines) is 1.